The summed E-state index contributed by atoms with van der Waals surface area (Å²) in [6, 6.07) is 4.19. The lowest BCUT2D eigenvalue weighted by Crippen LogP contribution is -2.17. The number of nitrogens with zero attached hydrogens (tertiary/aromatic N) is 3. The van der Waals surface area contributed by atoms with Crippen molar-refractivity contribution < 1.29 is 14.3 Å². The molecule has 1 aliphatic rings. The van der Waals surface area contributed by atoms with Crippen LogP contribution < -0.4 is 15.4 Å². The van der Waals surface area contributed by atoms with Gasteiger partial charge in [0.2, 0.25) is 5.65 Å². The standard InChI is InChI=1S/C15H21N5O3/c1-3-23-15(21)18-14-17-13-11(22-2)8-9-12(20(13)19-14)16-10-6-4-5-7-10/h8-10,16H,3-7H2,1-2H3,(H,18,19,21). The molecular weight excluding hydrogens is 298 g/mol. The van der Waals surface area contributed by atoms with Crippen molar-refractivity contribution in [2.45, 2.75) is 38.6 Å². The van der Waals surface area contributed by atoms with E-state index in [1.165, 1.54) is 12.8 Å². The maximum Gasteiger partial charge on any atom is 0.414 e. The van der Waals surface area contributed by atoms with E-state index in [-0.39, 0.29) is 12.6 Å². The highest BCUT2D eigenvalue weighted by atomic mass is 16.5. The Morgan fingerprint density at radius 2 is 2.17 bits per heavy atom. The highest BCUT2D eigenvalue weighted by Crippen LogP contribution is 2.26. The molecule has 124 valence electrons. The van der Waals surface area contributed by atoms with E-state index in [1.54, 1.807) is 18.5 Å². The lowest BCUT2D eigenvalue weighted by molar-refractivity contribution is 0.167. The van der Waals surface area contributed by atoms with Crippen LogP contribution in [0, 0.1) is 0 Å². The van der Waals surface area contributed by atoms with Gasteiger partial charge in [-0.05, 0) is 31.9 Å². The number of anilines is 2. The van der Waals surface area contributed by atoms with Gasteiger partial charge in [0, 0.05) is 6.04 Å². The van der Waals surface area contributed by atoms with E-state index in [1.807, 2.05) is 12.1 Å². The summed E-state index contributed by atoms with van der Waals surface area (Å²) < 4.78 is 11.8. The van der Waals surface area contributed by atoms with Crippen molar-refractivity contribution in [3.8, 4) is 5.75 Å². The molecule has 3 rings (SSSR count). The largest absolute Gasteiger partial charge is 0.493 e. The van der Waals surface area contributed by atoms with Crippen molar-refractivity contribution in [1.82, 2.24) is 14.6 Å². The normalized spacial score (nSPS) is 14.9. The van der Waals surface area contributed by atoms with E-state index >= 15 is 0 Å². The van der Waals surface area contributed by atoms with Crippen LogP contribution in [0.15, 0.2) is 12.1 Å². The second-order valence-corrected chi connectivity index (χ2v) is 5.43. The SMILES string of the molecule is CCOC(=O)Nc1nc2c(OC)ccc(NC3CCCC3)n2n1. The first kappa shape index (κ1) is 15.4. The van der Waals surface area contributed by atoms with E-state index in [2.05, 4.69) is 20.7 Å². The van der Waals surface area contributed by atoms with Gasteiger partial charge in [-0.25, -0.2) is 4.79 Å². The molecule has 8 heteroatoms. The molecule has 23 heavy (non-hydrogen) atoms. The quantitative estimate of drug-likeness (QED) is 0.880. The number of ether oxygens (including phenoxy) is 2. The van der Waals surface area contributed by atoms with Gasteiger partial charge < -0.3 is 14.8 Å². The minimum absolute atomic E-state index is 0.183. The van der Waals surface area contributed by atoms with Crippen LogP contribution in [0.4, 0.5) is 16.6 Å². The molecule has 0 aliphatic heterocycles. The molecule has 1 fully saturated rings. The van der Waals surface area contributed by atoms with Crippen LogP contribution in [-0.4, -0.2) is 40.4 Å². The molecule has 2 N–H and O–H groups in total. The number of hydrogen-bond donors (Lipinski definition) is 2. The molecule has 2 heterocycles. The number of carbonyl (C=O) groups is 1. The molecule has 0 spiro atoms. The molecule has 1 amide bonds. The third-order valence-corrected chi connectivity index (χ3v) is 3.86. The predicted molar refractivity (Wildman–Crippen MR) is 86.1 cm³/mol. The molecule has 2 aromatic heterocycles. The Labute approximate surface area is 134 Å². The van der Waals surface area contributed by atoms with Gasteiger partial charge in [-0.1, -0.05) is 12.8 Å². The number of amides is 1. The van der Waals surface area contributed by atoms with E-state index < -0.39 is 6.09 Å². The summed E-state index contributed by atoms with van der Waals surface area (Å²) in [5, 5.41) is 10.3. The zero-order valence-electron chi connectivity index (χ0n) is 13.3. The Morgan fingerprint density at radius 3 is 2.87 bits per heavy atom. The van der Waals surface area contributed by atoms with Gasteiger partial charge in [0.25, 0.3) is 5.95 Å². The number of pyridine rings is 1. The van der Waals surface area contributed by atoms with Crippen molar-refractivity contribution in [3.63, 3.8) is 0 Å². The molecule has 0 aromatic carbocycles. The first-order chi connectivity index (χ1) is 11.2. The van der Waals surface area contributed by atoms with Crippen molar-refractivity contribution >= 4 is 23.5 Å². The first-order valence-corrected chi connectivity index (χ1v) is 7.85. The highest BCUT2D eigenvalue weighted by molar-refractivity contribution is 5.82. The van der Waals surface area contributed by atoms with Crippen LogP contribution in [0.5, 0.6) is 5.75 Å². The van der Waals surface area contributed by atoms with Gasteiger partial charge >= 0.3 is 6.09 Å². The number of fused-ring (bicyclic) bond motifs is 1. The van der Waals surface area contributed by atoms with Crippen molar-refractivity contribution in [1.29, 1.82) is 0 Å². The number of carbonyl (C=O) groups excluding carboxylic acids is 1. The summed E-state index contributed by atoms with van der Waals surface area (Å²) in [5.74, 6) is 1.60. The molecule has 8 nitrogen and oxygen atoms in total. The molecular formula is C15H21N5O3. The van der Waals surface area contributed by atoms with Crippen LogP contribution in [0.25, 0.3) is 5.65 Å². The Hall–Kier alpha value is -2.51. The minimum atomic E-state index is -0.576. The van der Waals surface area contributed by atoms with E-state index in [0.717, 1.165) is 18.7 Å². The Balaban J connectivity index is 1.91. The average Bonchev–Trinajstić information content (AvgIpc) is 3.17. The fraction of sp³-hybridized carbons (Fsp3) is 0.533. The minimum Gasteiger partial charge on any atom is -0.493 e. The molecule has 0 atom stereocenters. The summed E-state index contributed by atoms with van der Waals surface area (Å²) in [7, 11) is 1.58. The van der Waals surface area contributed by atoms with Crippen LogP contribution >= 0.6 is 0 Å². The molecule has 1 saturated carbocycles. The predicted octanol–water partition coefficient (Wildman–Crippen LogP) is 2.66. The zero-order chi connectivity index (χ0) is 16.2. The smallest absolute Gasteiger partial charge is 0.414 e. The van der Waals surface area contributed by atoms with Gasteiger partial charge in [0.1, 0.15) is 5.82 Å². The van der Waals surface area contributed by atoms with Gasteiger partial charge in [-0.3, -0.25) is 5.32 Å². The summed E-state index contributed by atoms with van der Waals surface area (Å²) in [6.45, 7) is 2.03. The number of methoxy groups -OCH3 is 1. The Kier molecular flexibility index (Phi) is 4.50. The van der Waals surface area contributed by atoms with Crippen molar-refractivity contribution in [3.05, 3.63) is 12.1 Å². The fourth-order valence-corrected chi connectivity index (χ4v) is 2.80. The van der Waals surface area contributed by atoms with Gasteiger partial charge in [-0.15, -0.1) is 5.10 Å². The molecule has 0 radical (unpaired) electrons. The Morgan fingerprint density at radius 1 is 1.39 bits per heavy atom. The Bertz CT molecular complexity index is 694. The van der Waals surface area contributed by atoms with Gasteiger partial charge in [0.15, 0.2) is 5.75 Å². The zero-order valence-corrected chi connectivity index (χ0v) is 13.3. The van der Waals surface area contributed by atoms with Crippen LogP contribution in [0.1, 0.15) is 32.6 Å². The van der Waals surface area contributed by atoms with Crippen LogP contribution in [-0.2, 0) is 4.74 Å². The van der Waals surface area contributed by atoms with Crippen LogP contribution in [0.2, 0.25) is 0 Å². The summed E-state index contributed by atoms with van der Waals surface area (Å²) in [6.07, 6.45) is 4.20. The van der Waals surface area contributed by atoms with Gasteiger partial charge in [0.05, 0.1) is 13.7 Å². The topological polar surface area (TPSA) is 89.8 Å². The van der Waals surface area contributed by atoms with Crippen molar-refractivity contribution in [2.75, 3.05) is 24.4 Å². The molecule has 0 unspecified atom stereocenters. The number of rotatable bonds is 5. The molecule has 0 bridgehead atoms. The third kappa shape index (κ3) is 3.30. The number of aromatic nitrogens is 3. The van der Waals surface area contributed by atoms with Crippen LogP contribution in [0.3, 0.4) is 0 Å². The monoisotopic (exact) mass is 319 g/mol. The van der Waals surface area contributed by atoms with E-state index in [0.29, 0.717) is 17.4 Å². The first-order valence-electron chi connectivity index (χ1n) is 7.85. The fourth-order valence-electron chi connectivity index (χ4n) is 2.80. The van der Waals surface area contributed by atoms with E-state index in [9.17, 15) is 4.79 Å². The second kappa shape index (κ2) is 6.72. The molecule has 0 saturated heterocycles. The van der Waals surface area contributed by atoms with Gasteiger partial charge in [-0.2, -0.15) is 9.50 Å². The lowest BCUT2D eigenvalue weighted by Gasteiger charge is -2.14. The summed E-state index contributed by atoms with van der Waals surface area (Å²) in [5.41, 5.74) is 0.544. The number of hydrogen-bond acceptors (Lipinski definition) is 6. The average molecular weight is 319 g/mol. The maximum atomic E-state index is 11.5. The summed E-state index contributed by atoms with van der Waals surface area (Å²) >= 11 is 0. The molecule has 2 aromatic rings. The lowest BCUT2D eigenvalue weighted by atomic mass is 10.2. The highest BCUT2D eigenvalue weighted by Gasteiger charge is 2.19. The second-order valence-electron chi connectivity index (χ2n) is 5.43. The van der Waals surface area contributed by atoms with E-state index in [4.69, 9.17) is 9.47 Å². The summed E-state index contributed by atoms with van der Waals surface area (Å²) in [4.78, 5) is 15.9. The maximum absolute atomic E-state index is 11.5. The number of nitrogens with one attached hydrogen (secondary N) is 2. The third-order valence-electron chi connectivity index (χ3n) is 3.86. The molecule has 1 aliphatic carbocycles. The van der Waals surface area contributed by atoms with Crippen molar-refractivity contribution in [2.24, 2.45) is 0 Å².